The van der Waals surface area contributed by atoms with Crippen molar-refractivity contribution in [2.75, 3.05) is 11.4 Å². The van der Waals surface area contributed by atoms with Crippen LogP contribution < -0.4 is 4.90 Å². The van der Waals surface area contributed by atoms with Crippen LogP contribution in [0, 0.1) is 6.92 Å². The molecule has 0 spiro atoms. The Morgan fingerprint density at radius 1 is 1.21 bits per heavy atom. The third-order valence-corrected chi connectivity index (χ3v) is 3.18. The van der Waals surface area contributed by atoms with Crippen LogP contribution in [-0.2, 0) is 11.3 Å². The van der Waals surface area contributed by atoms with Crippen molar-refractivity contribution in [2.24, 2.45) is 0 Å². The molecule has 0 fully saturated rings. The van der Waals surface area contributed by atoms with Gasteiger partial charge in [-0.3, -0.25) is 4.79 Å². The normalized spacial score (nSPS) is 10.4. The molecule has 19 heavy (non-hydrogen) atoms. The molecule has 3 nitrogen and oxygen atoms in total. The lowest BCUT2D eigenvalue weighted by molar-refractivity contribution is -0.118. The number of rotatable bonds is 5. The summed E-state index contributed by atoms with van der Waals surface area (Å²) >= 11 is 0. The monoisotopic (exact) mass is 256 g/mol. The molecule has 0 bridgehead atoms. The Kier molecular flexibility index (Phi) is 4.39. The molecule has 0 saturated carbocycles. The molecule has 1 aromatic heterocycles. The minimum atomic E-state index is 0.168. The fourth-order valence-electron chi connectivity index (χ4n) is 2.18. The summed E-state index contributed by atoms with van der Waals surface area (Å²) in [6, 6.07) is 12.0. The van der Waals surface area contributed by atoms with Gasteiger partial charge < -0.3 is 9.47 Å². The van der Waals surface area contributed by atoms with Crippen molar-refractivity contribution in [1.29, 1.82) is 0 Å². The highest BCUT2D eigenvalue weighted by molar-refractivity contribution is 5.93. The van der Waals surface area contributed by atoms with Crippen LogP contribution in [0.3, 0.4) is 0 Å². The molecule has 0 aliphatic carbocycles. The van der Waals surface area contributed by atoms with E-state index in [0.29, 0.717) is 13.0 Å². The Balaban J connectivity index is 2.02. The highest BCUT2D eigenvalue weighted by Crippen LogP contribution is 2.16. The number of aromatic nitrogens is 1. The number of anilines is 1. The number of carbonyl (C=O) groups is 1. The summed E-state index contributed by atoms with van der Waals surface area (Å²) in [4.78, 5) is 14.1. The maximum absolute atomic E-state index is 12.3. The first kappa shape index (κ1) is 13.4. The van der Waals surface area contributed by atoms with Gasteiger partial charge in [0.05, 0.1) is 0 Å². The fraction of sp³-hybridized carbons (Fsp3) is 0.312. The summed E-state index contributed by atoms with van der Waals surface area (Å²) in [7, 11) is 0. The van der Waals surface area contributed by atoms with Crippen LogP contribution in [0.2, 0.25) is 0 Å². The summed E-state index contributed by atoms with van der Waals surface area (Å²) in [5, 5.41) is 0. The number of hydrogen-bond donors (Lipinski definition) is 0. The van der Waals surface area contributed by atoms with Gasteiger partial charge >= 0.3 is 0 Å². The minimum absolute atomic E-state index is 0.168. The molecule has 2 aromatic rings. The van der Waals surface area contributed by atoms with E-state index in [4.69, 9.17) is 0 Å². The molecule has 0 atom stereocenters. The first-order valence-electron chi connectivity index (χ1n) is 6.68. The zero-order chi connectivity index (χ0) is 13.7. The van der Waals surface area contributed by atoms with Gasteiger partial charge in [0.15, 0.2) is 0 Å². The average Bonchev–Trinajstić information content (AvgIpc) is 2.90. The second-order valence-corrected chi connectivity index (χ2v) is 4.65. The second-order valence-electron chi connectivity index (χ2n) is 4.65. The highest BCUT2D eigenvalue weighted by Gasteiger charge is 2.13. The maximum atomic E-state index is 12.3. The zero-order valence-corrected chi connectivity index (χ0v) is 11.5. The quantitative estimate of drug-likeness (QED) is 0.806. The van der Waals surface area contributed by atoms with Crippen molar-refractivity contribution < 1.29 is 4.79 Å². The summed E-state index contributed by atoms with van der Waals surface area (Å²) < 4.78 is 2.03. The van der Waals surface area contributed by atoms with E-state index in [1.165, 1.54) is 5.56 Å². The fourth-order valence-corrected chi connectivity index (χ4v) is 2.18. The molecule has 1 aromatic carbocycles. The molecule has 0 saturated heterocycles. The maximum Gasteiger partial charge on any atom is 0.228 e. The van der Waals surface area contributed by atoms with Gasteiger partial charge in [0, 0.05) is 37.6 Å². The number of carbonyl (C=O) groups excluding carboxylic acids is 1. The Hall–Kier alpha value is -2.03. The van der Waals surface area contributed by atoms with E-state index >= 15 is 0 Å². The summed E-state index contributed by atoms with van der Waals surface area (Å²) in [6.07, 6.45) is 4.49. The van der Waals surface area contributed by atoms with Crippen molar-refractivity contribution >= 4 is 11.6 Å². The molecular weight excluding hydrogens is 236 g/mol. The van der Waals surface area contributed by atoms with Crippen LogP contribution in [0.4, 0.5) is 5.69 Å². The number of amides is 1. The van der Waals surface area contributed by atoms with Crippen molar-refractivity contribution in [3.05, 3.63) is 54.4 Å². The second kappa shape index (κ2) is 6.23. The van der Waals surface area contributed by atoms with Crippen LogP contribution in [0.15, 0.2) is 48.8 Å². The van der Waals surface area contributed by atoms with E-state index in [-0.39, 0.29) is 5.91 Å². The summed E-state index contributed by atoms with van der Waals surface area (Å²) in [5.41, 5.74) is 2.16. The SMILES string of the molecule is CCN(C(=O)CCn1cccc1)c1cccc(C)c1. The zero-order valence-electron chi connectivity index (χ0n) is 11.5. The third-order valence-electron chi connectivity index (χ3n) is 3.18. The molecule has 0 radical (unpaired) electrons. The first-order valence-corrected chi connectivity index (χ1v) is 6.68. The Morgan fingerprint density at radius 2 is 1.95 bits per heavy atom. The minimum Gasteiger partial charge on any atom is -0.354 e. The Labute approximate surface area is 114 Å². The van der Waals surface area contributed by atoms with Crippen LogP contribution >= 0.6 is 0 Å². The molecule has 1 amide bonds. The van der Waals surface area contributed by atoms with E-state index in [1.54, 1.807) is 0 Å². The van der Waals surface area contributed by atoms with Crippen molar-refractivity contribution in [2.45, 2.75) is 26.8 Å². The average molecular weight is 256 g/mol. The van der Waals surface area contributed by atoms with Crippen LogP contribution in [0.1, 0.15) is 18.9 Å². The van der Waals surface area contributed by atoms with E-state index in [1.807, 2.05) is 66.0 Å². The van der Waals surface area contributed by atoms with Gasteiger partial charge in [-0.2, -0.15) is 0 Å². The summed E-state index contributed by atoms with van der Waals surface area (Å²) in [5.74, 6) is 0.168. The van der Waals surface area contributed by atoms with Gasteiger partial charge in [-0.25, -0.2) is 0 Å². The van der Waals surface area contributed by atoms with Gasteiger partial charge in [-0.15, -0.1) is 0 Å². The number of aryl methyl sites for hydroxylation is 2. The third kappa shape index (κ3) is 3.47. The van der Waals surface area contributed by atoms with E-state index in [9.17, 15) is 4.79 Å². The lowest BCUT2D eigenvalue weighted by Crippen LogP contribution is -2.31. The summed E-state index contributed by atoms with van der Waals surface area (Å²) in [6.45, 7) is 5.49. The van der Waals surface area contributed by atoms with Crippen LogP contribution in [0.5, 0.6) is 0 Å². The number of benzene rings is 1. The largest absolute Gasteiger partial charge is 0.354 e. The molecule has 1 heterocycles. The molecule has 2 rings (SSSR count). The Bertz CT molecular complexity index is 531. The lowest BCUT2D eigenvalue weighted by atomic mass is 10.2. The molecule has 100 valence electrons. The number of hydrogen-bond acceptors (Lipinski definition) is 1. The van der Waals surface area contributed by atoms with Gasteiger partial charge in [0.25, 0.3) is 0 Å². The highest BCUT2D eigenvalue weighted by atomic mass is 16.2. The topological polar surface area (TPSA) is 25.2 Å². The first-order chi connectivity index (χ1) is 9.20. The van der Waals surface area contributed by atoms with Crippen LogP contribution in [0.25, 0.3) is 0 Å². The molecule has 0 aliphatic heterocycles. The lowest BCUT2D eigenvalue weighted by Gasteiger charge is -2.21. The van der Waals surface area contributed by atoms with E-state index in [2.05, 4.69) is 6.07 Å². The molecular formula is C16H20N2O. The molecule has 0 N–H and O–H groups in total. The van der Waals surface area contributed by atoms with Gasteiger partial charge in [-0.1, -0.05) is 12.1 Å². The standard InChI is InChI=1S/C16H20N2O/c1-3-18(15-8-6-7-14(2)13-15)16(19)9-12-17-10-4-5-11-17/h4-8,10-11,13H,3,9,12H2,1-2H3. The van der Waals surface area contributed by atoms with Crippen molar-refractivity contribution in [1.82, 2.24) is 4.57 Å². The van der Waals surface area contributed by atoms with Crippen molar-refractivity contribution in [3.63, 3.8) is 0 Å². The van der Waals surface area contributed by atoms with Crippen molar-refractivity contribution in [3.8, 4) is 0 Å². The van der Waals surface area contributed by atoms with Gasteiger partial charge in [0.1, 0.15) is 0 Å². The molecule has 3 heteroatoms. The van der Waals surface area contributed by atoms with E-state index in [0.717, 1.165) is 12.2 Å². The van der Waals surface area contributed by atoms with Gasteiger partial charge in [0.2, 0.25) is 5.91 Å². The van der Waals surface area contributed by atoms with E-state index < -0.39 is 0 Å². The molecule has 0 aliphatic rings. The van der Waals surface area contributed by atoms with Crippen LogP contribution in [-0.4, -0.2) is 17.0 Å². The Morgan fingerprint density at radius 3 is 2.58 bits per heavy atom. The number of nitrogens with zero attached hydrogens (tertiary/aromatic N) is 2. The van der Waals surface area contributed by atoms with Gasteiger partial charge in [-0.05, 0) is 43.7 Å². The smallest absolute Gasteiger partial charge is 0.228 e. The predicted molar refractivity (Wildman–Crippen MR) is 78.3 cm³/mol. The predicted octanol–water partition coefficient (Wildman–Crippen LogP) is 3.24. The molecule has 0 unspecified atom stereocenters.